The number of benzene rings is 1. The number of nitrogens with one attached hydrogen (secondary N) is 1. The van der Waals surface area contributed by atoms with E-state index >= 15 is 0 Å². The highest BCUT2D eigenvalue weighted by atomic mass is 35.5. The Morgan fingerprint density at radius 2 is 2.30 bits per heavy atom. The normalized spacial score (nSPS) is 13.8. The van der Waals surface area contributed by atoms with Crippen LogP contribution >= 0.6 is 11.6 Å². The number of rotatable bonds is 5. The van der Waals surface area contributed by atoms with Crippen molar-refractivity contribution in [1.29, 1.82) is 5.26 Å². The molecule has 1 aliphatic heterocycles. The zero-order chi connectivity index (χ0) is 14.4. The average Bonchev–Trinajstić information content (AvgIpc) is 2.88. The minimum atomic E-state index is -0.345. The second kappa shape index (κ2) is 6.97. The minimum Gasteiger partial charge on any atom is -0.351 e. The Hall–Kier alpha value is -1.99. The van der Waals surface area contributed by atoms with E-state index in [0.29, 0.717) is 18.8 Å². The van der Waals surface area contributed by atoms with E-state index in [9.17, 15) is 4.79 Å². The van der Waals surface area contributed by atoms with Gasteiger partial charge in [0.2, 0.25) is 0 Å². The number of carbonyl (C=O) groups excluding carboxylic acids is 1. The van der Waals surface area contributed by atoms with Gasteiger partial charge in [0, 0.05) is 30.9 Å². The molecular formula is C15H16ClN3O. The Morgan fingerprint density at radius 3 is 3.05 bits per heavy atom. The number of para-hydroxylation sites is 1. The van der Waals surface area contributed by atoms with Gasteiger partial charge in [0.1, 0.15) is 11.6 Å². The summed E-state index contributed by atoms with van der Waals surface area (Å²) < 4.78 is 0. The third-order valence-corrected chi connectivity index (χ3v) is 3.44. The third-order valence-electron chi connectivity index (χ3n) is 3.17. The summed E-state index contributed by atoms with van der Waals surface area (Å²) in [5, 5.41) is 11.8. The van der Waals surface area contributed by atoms with Crippen molar-refractivity contribution in [3.8, 4) is 6.07 Å². The van der Waals surface area contributed by atoms with E-state index in [4.69, 9.17) is 16.9 Å². The Bertz CT molecular complexity index is 562. The molecule has 0 aromatic heterocycles. The number of anilines is 1. The molecule has 1 N–H and O–H groups in total. The average molecular weight is 290 g/mol. The molecule has 104 valence electrons. The standard InChI is InChI=1S/C15H16ClN3O/c16-7-3-8-18-15(20)13(10-17)11-19-9-6-12-4-1-2-5-14(12)19/h1-2,4-5,11H,3,6-9H2,(H,18,20)/b13-11-. The summed E-state index contributed by atoms with van der Waals surface area (Å²) in [4.78, 5) is 13.8. The van der Waals surface area contributed by atoms with Crippen molar-refractivity contribution in [2.75, 3.05) is 23.9 Å². The molecule has 1 aromatic rings. The van der Waals surface area contributed by atoms with Crippen LogP contribution in [0.3, 0.4) is 0 Å². The smallest absolute Gasteiger partial charge is 0.263 e. The number of nitriles is 1. The summed E-state index contributed by atoms with van der Waals surface area (Å²) in [6.07, 6.45) is 3.25. The van der Waals surface area contributed by atoms with Crippen LogP contribution in [-0.4, -0.2) is 24.9 Å². The van der Waals surface area contributed by atoms with Gasteiger partial charge in [-0.25, -0.2) is 0 Å². The van der Waals surface area contributed by atoms with E-state index < -0.39 is 0 Å². The maximum Gasteiger partial charge on any atom is 0.263 e. The fraction of sp³-hybridized carbons (Fsp3) is 0.333. The first-order chi connectivity index (χ1) is 9.76. The van der Waals surface area contributed by atoms with Gasteiger partial charge in [0.25, 0.3) is 5.91 Å². The molecule has 1 aliphatic rings. The number of fused-ring (bicyclic) bond motifs is 1. The molecule has 0 unspecified atom stereocenters. The van der Waals surface area contributed by atoms with Gasteiger partial charge < -0.3 is 10.2 Å². The Labute approximate surface area is 123 Å². The summed E-state index contributed by atoms with van der Waals surface area (Å²) in [7, 11) is 0. The molecule has 4 nitrogen and oxygen atoms in total. The van der Waals surface area contributed by atoms with Crippen LogP contribution in [0, 0.1) is 11.3 Å². The van der Waals surface area contributed by atoms with Crippen LogP contribution in [0.5, 0.6) is 0 Å². The van der Waals surface area contributed by atoms with Gasteiger partial charge in [-0.3, -0.25) is 4.79 Å². The van der Waals surface area contributed by atoms with Crippen LogP contribution in [0.1, 0.15) is 12.0 Å². The molecule has 0 fully saturated rings. The van der Waals surface area contributed by atoms with Crippen molar-refractivity contribution in [2.24, 2.45) is 0 Å². The lowest BCUT2D eigenvalue weighted by atomic mass is 10.2. The van der Waals surface area contributed by atoms with Gasteiger partial charge in [-0.05, 0) is 24.5 Å². The molecule has 20 heavy (non-hydrogen) atoms. The predicted octanol–water partition coefficient (Wildman–Crippen LogP) is 2.20. The van der Waals surface area contributed by atoms with Crippen molar-refractivity contribution in [1.82, 2.24) is 5.32 Å². The van der Waals surface area contributed by atoms with E-state index in [-0.39, 0.29) is 11.5 Å². The highest BCUT2D eigenvalue weighted by molar-refractivity contribution is 6.17. The van der Waals surface area contributed by atoms with E-state index in [0.717, 1.165) is 18.7 Å². The maximum absolute atomic E-state index is 11.9. The molecule has 0 saturated carbocycles. The number of hydrogen-bond donors (Lipinski definition) is 1. The molecule has 1 aromatic carbocycles. The number of carbonyl (C=O) groups is 1. The van der Waals surface area contributed by atoms with Gasteiger partial charge in [0.05, 0.1) is 0 Å². The summed E-state index contributed by atoms with van der Waals surface area (Å²) in [5.41, 5.74) is 2.42. The highest BCUT2D eigenvalue weighted by Crippen LogP contribution is 2.27. The topological polar surface area (TPSA) is 56.1 Å². The highest BCUT2D eigenvalue weighted by Gasteiger charge is 2.18. The van der Waals surface area contributed by atoms with Crippen LogP contribution in [0.25, 0.3) is 0 Å². The molecule has 0 saturated heterocycles. The number of nitrogens with zero attached hydrogens (tertiary/aromatic N) is 2. The third kappa shape index (κ3) is 3.31. The molecule has 2 rings (SSSR count). The summed E-state index contributed by atoms with van der Waals surface area (Å²) >= 11 is 5.55. The van der Waals surface area contributed by atoms with E-state index in [1.165, 1.54) is 5.56 Å². The molecule has 1 heterocycles. The maximum atomic E-state index is 11.9. The molecular weight excluding hydrogens is 274 g/mol. The van der Waals surface area contributed by atoms with Crippen molar-refractivity contribution in [3.63, 3.8) is 0 Å². The number of halogens is 1. The Kier molecular flexibility index (Phi) is 5.03. The SMILES string of the molecule is N#C/C(=C/N1CCc2ccccc21)C(=O)NCCCCl. The van der Waals surface area contributed by atoms with E-state index in [1.54, 1.807) is 6.20 Å². The molecule has 0 bridgehead atoms. The van der Waals surface area contributed by atoms with Gasteiger partial charge in [0.15, 0.2) is 0 Å². The van der Waals surface area contributed by atoms with Gasteiger partial charge in [-0.2, -0.15) is 5.26 Å². The number of amides is 1. The first-order valence-electron chi connectivity index (χ1n) is 6.57. The van der Waals surface area contributed by atoms with Crippen molar-refractivity contribution < 1.29 is 4.79 Å². The molecule has 5 heteroatoms. The lowest BCUT2D eigenvalue weighted by molar-refractivity contribution is -0.117. The van der Waals surface area contributed by atoms with E-state index in [1.807, 2.05) is 29.2 Å². The fourth-order valence-electron chi connectivity index (χ4n) is 2.16. The second-order valence-corrected chi connectivity index (χ2v) is 4.90. The molecule has 0 radical (unpaired) electrons. The first kappa shape index (κ1) is 14.4. The number of hydrogen-bond acceptors (Lipinski definition) is 3. The Balaban J connectivity index is 2.09. The molecule has 0 spiro atoms. The van der Waals surface area contributed by atoms with Crippen molar-refractivity contribution in [3.05, 3.63) is 41.6 Å². The van der Waals surface area contributed by atoms with Gasteiger partial charge in [-0.15, -0.1) is 11.6 Å². The predicted molar refractivity (Wildman–Crippen MR) is 79.5 cm³/mol. The van der Waals surface area contributed by atoms with Gasteiger partial charge in [-0.1, -0.05) is 18.2 Å². The molecule has 1 amide bonds. The lowest BCUT2D eigenvalue weighted by Gasteiger charge is -2.14. The van der Waals surface area contributed by atoms with Crippen LogP contribution < -0.4 is 10.2 Å². The molecule has 0 atom stereocenters. The summed E-state index contributed by atoms with van der Waals surface area (Å²) in [5.74, 6) is 0.146. The zero-order valence-electron chi connectivity index (χ0n) is 11.1. The monoisotopic (exact) mass is 289 g/mol. The quantitative estimate of drug-likeness (QED) is 0.391. The lowest BCUT2D eigenvalue weighted by Crippen LogP contribution is -2.27. The zero-order valence-corrected chi connectivity index (χ0v) is 11.9. The number of alkyl halides is 1. The summed E-state index contributed by atoms with van der Waals surface area (Å²) in [6.45, 7) is 1.28. The van der Waals surface area contributed by atoms with Crippen molar-refractivity contribution in [2.45, 2.75) is 12.8 Å². The second-order valence-electron chi connectivity index (χ2n) is 4.53. The first-order valence-corrected chi connectivity index (χ1v) is 7.10. The van der Waals surface area contributed by atoms with Crippen LogP contribution in [0.2, 0.25) is 0 Å². The largest absolute Gasteiger partial charge is 0.351 e. The van der Waals surface area contributed by atoms with Crippen LogP contribution in [0.4, 0.5) is 5.69 Å². The van der Waals surface area contributed by atoms with E-state index in [2.05, 4.69) is 11.4 Å². The van der Waals surface area contributed by atoms with Crippen LogP contribution in [0.15, 0.2) is 36.0 Å². The van der Waals surface area contributed by atoms with Crippen LogP contribution in [-0.2, 0) is 11.2 Å². The molecule has 0 aliphatic carbocycles. The summed E-state index contributed by atoms with van der Waals surface area (Å²) in [6, 6.07) is 9.98. The van der Waals surface area contributed by atoms with Gasteiger partial charge >= 0.3 is 0 Å². The van der Waals surface area contributed by atoms with Crippen molar-refractivity contribution >= 4 is 23.2 Å². The fourth-order valence-corrected chi connectivity index (χ4v) is 2.29. The Morgan fingerprint density at radius 1 is 1.50 bits per heavy atom. The minimum absolute atomic E-state index is 0.122.